The van der Waals surface area contributed by atoms with Crippen molar-refractivity contribution >= 4 is 22.6 Å². The van der Waals surface area contributed by atoms with Gasteiger partial charge in [-0.3, -0.25) is 4.98 Å². The van der Waals surface area contributed by atoms with E-state index in [4.69, 9.17) is 9.72 Å². The van der Waals surface area contributed by atoms with E-state index in [-0.39, 0.29) is 15.3 Å². The molecule has 2 heterocycles. The molecule has 1 saturated carbocycles. The Morgan fingerprint density at radius 2 is 1.91 bits per heavy atom. The molecule has 3 aliphatic rings. The van der Waals surface area contributed by atoms with Gasteiger partial charge in [0.2, 0.25) is 0 Å². The van der Waals surface area contributed by atoms with Gasteiger partial charge in [0.05, 0.1) is 11.7 Å². The van der Waals surface area contributed by atoms with Crippen molar-refractivity contribution in [1.29, 1.82) is 0 Å². The molecule has 0 radical (unpaired) electrons. The van der Waals surface area contributed by atoms with Crippen molar-refractivity contribution < 1.29 is 27.4 Å². The minimum Gasteiger partial charge on any atom is -0.388 e. The predicted molar refractivity (Wildman–Crippen MR) is 133 cm³/mol. The number of aliphatic hydroxyl groups is 1. The largest absolute Gasteiger partial charge is 0.419 e. The fourth-order valence-electron chi connectivity index (χ4n) is 6.32. The molecule has 0 saturated heterocycles. The second-order valence-electron chi connectivity index (χ2n) is 11.3. The first-order valence-corrected chi connectivity index (χ1v) is 13.4. The molecule has 1 fully saturated rings. The number of aromatic nitrogens is 1. The highest BCUT2D eigenvalue weighted by atomic mass is 127. The van der Waals surface area contributed by atoms with Gasteiger partial charge in [0.1, 0.15) is 17.5 Å². The standard InChI is InChI=1S/C27H30F4INO2/c1-13(2)23-21-22(20-17(33-23)11-25(3,4)12-18(20)34)26(9-5-6-19(26)32)35-24(21)14-7-8-15(16(28)10-14)27(29,30)31/h7-8,10,13,18-19,24,34H,5-6,9,11-12H2,1-4H3/t18-,19?,24+,26?/m0/s1. The number of hydrogen-bond acceptors (Lipinski definition) is 3. The van der Waals surface area contributed by atoms with E-state index in [9.17, 15) is 22.7 Å². The highest BCUT2D eigenvalue weighted by Gasteiger charge is 2.56. The van der Waals surface area contributed by atoms with Crippen LogP contribution in [0.5, 0.6) is 0 Å². The average molecular weight is 603 g/mol. The first kappa shape index (κ1) is 25.4. The number of rotatable bonds is 2. The van der Waals surface area contributed by atoms with Gasteiger partial charge >= 0.3 is 6.18 Å². The number of nitrogens with zero attached hydrogens (tertiary/aromatic N) is 1. The van der Waals surface area contributed by atoms with Crippen LogP contribution in [0.25, 0.3) is 0 Å². The molecule has 0 bridgehead atoms. The van der Waals surface area contributed by atoms with Crippen molar-refractivity contribution in [3.8, 4) is 0 Å². The van der Waals surface area contributed by atoms with E-state index in [1.54, 1.807) is 0 Å². The molecule has 4 atom stereocenters. The number of alkyl halides is 4. The molecule has 35 heavy (non-hydrogen) atoms. The summed E-state index contributed by atoms with van der Waals surface area (Å²) < 4.78 is 61.3. The maximum Gasteiger partial charge on any atom is 0.419 e. The smallest absolute Gasteiger partial charge is 0.388 e. The van der Waals surface area contributed by atoms with Crippen molar-refractivity contribution in [3.05, 3.63) is 63.2 Å². The van der Waals surface area contributed by atoms with Gasteiger partial charge in [-0.1, -0.05) is 56.4 Å². The Bertz CT molecular complexity index is 1180. The first-order valence-electron chi connectivity index (χ1n) is 12.2. The lowest BCUT2D eigenvalue weighted by atomic mass is 9.70. The summed E-state index contributed by atoms with van der Waals surface area (Å²) >= 11 is 2.40. The Hall–Kier alpha value is -1.26. The van der Waals surface area contributed by atoms with Crippen LogP contribution in [-0.2, 0) is 22.9 Å². The van der Waals surface area contributed by atoms with Gasteiger partial charge < -0.3 is 9.84 Å². The Morgan fingerprint density at radius 3 is 2.49 bits per heavy atom. The lowest BCUT2D eigenvalue weighted by Gasteiger charge is -2.39. The summed E-state index contributed by atoms with van der Waals surface area (Å²) in [7, 11) is 0. The van der Waals surface area contributed by atoms with Crippen molar-refractivity contribution in [1.82, 2.24) is 4.98 Å². The van der Waals surface area contributed by atoms with Crippen LogP contribution >= 0.6 is 22.6 Å². The minimum absolute atomic E-state index is 0.0193. The molecule has 3 nitrogen and oxygen atoms in total. The molecule has 190 valence electrons. The second kappa shape index (κ2) is 8.38. The summed E-state index contributed by atoms with van der Waals surface area (Å²) in [6, 6.07) is 3.07. The molecule has 1 aromatic heterocycles. The summed E-state index contributed by atoms with van der Waals surface area (Å²) in [5.74, 6) is -1.29. The molecule has 2 unspecified atom stereocenters. The number of halogens is 5. The average Bonchev–Trinajstić information content (AvgIpc) is 3.26. The van der Waals surface area contributed by atoms with Gasteiger partial charge in [-0.25, -0.2) is 4.39 Å². The van der Waals surface area contributed by atoms with Gasteiger partial charge in [-0.2, -0.15) is 13.2 Å². The van der Waals surface area contributed by atoms with E-state index in [0.29, 0.717) is 12.0 Å². The maximum atomic E-state index is 14.7. The van der Waals surface area contributed by atoms with E-state index in [1.165, 1.54) is 6.07 Å². The molecular formula is C27H30F4INO2. The SMILES string of the molecule is CC(C)c1nc2c(c3c1[C@@H](c1ccc(C(F)(F)F)c(F)c1)OC31CCCC1I)[C@@H](O)CC(C)(C)C2. The second-order valence-corrected chi connectivity index (χ2v) is 12.8. The van der Waals surface area contributed by atoms with Crippen LogP contribution in [0.2, 0.25) is 0 Å². The third-order valence-electron chi connectivity index (χ3n) is 7.78. The van der Waals surface area contributed by atoms with Gasteiger partial charge in [0.25, 0.3) is 0 Å². The number of hydrogen-bond donors (Lipinski definition) is 1. The number of pyridine rings is 1. The monoisotopic (exact) mass is 603 g/mol. The predicted octanol–water partition coefficient (Wildman–Crippen LogP) is 7.67. The lowest BCUT2D eigenvalue weighted by molar-refractivity contribution is -0.140. The van der Waals surface area contributed by atoms with Gasteiger partial charge in [0.15, 0.2) is 0 Å². The van der Waals surface area contributed by atoms with E-state index in [1.807, 2.05) is 13.8 Å². The summed E-state index contributed by atoms with van der Waals surface area (Å²) in [5.41, 5.74) is 2.56. The van der Waals surface area contributed by atoms with E-state index < -0.39 is 35.4 Å². The van der Waals surface area contributed by atoms with Crippen molar-refractivity contribution in [2.24, 2.45) is 5.41 Å². The molecule has 0 amide bonds. The summed E-state index contributed by atoms with van der Waals surface area (Å²) in [6.07, 6.45) is -2.27. The van der Waals surface area contributed by atoms with Crippen LogP contribution in [0.3, 0.4) is 0 Å². The summed E-state index contributed by atoms with van der Waals surface area (Å²) in [5, 5.41) is 11.4. The van der Waals surface area contributed by atoms with E-state index in [2.05, 4.69) is 36.4 Å². The molecule has 2 aliphatic carbocycles. The third kappa shape index (κ3) is 4.02. The van der Waals surface area contributed by atoms with Gasteiger partial charge in [-0.15, -0.1) is 0 Å². The normalized spacial score (nSPS) is 29.6. The molecule has 5 rings (SSSR count). The molecule has 1 N–H and O–H groups in total. The molecule has 8 heteroatoms. The number of ether oxygens (including phenoxy) is 1. The number of aliphatic hydroxyl groups excluding tert-OH is 1. The zero-order valence-electron chi connectivity index (χ0n) is 20.3. The van der Waals surface area contributed by atoms with Crippen molar-refractivity contribution in [2.75, 3.05) is 0 Å². The Labute approximate surface area is 216 Å². The van der Waals surface area contributed by atoms with Crippen molar-refractivity contribution in [3.63, 3.8) is 0 Å². The molecule has 1 aromatic carbocycles. The van der Waals surface area contributed by atoms with Crippen LogP contribution < -0.4 is 0 Å². The van der Waals surface area contributed by atoms with Crippen LogP contribution in [-0.4, -0.2) is 14.0 Å². The Balaban J connectivity index is 1.78. The van der Waals surface area contributed by atoms with Crippen molar-refractivity contribution in [2.45, 2.75) is 93.6 Å². The van der Waals surface area contributed by atoms with Crippen LogP contribution in [0.15, 0.2) is 18.2 Å². The van der Waals surface area contributed by atoms with Crippen LogP contribution in [0.4, 0.5) is 17.6 Å². The van der Waals surface area contributed by atoms with E-state index in [0.717, 1.165) is 65.9 Å². The highest BCUT2D eigenvalue weighted by molar-refractivity contribution is 14.1. The van der Waals surface area contributed by atoms with Crippen LogP contribution in [0.1, 0.15) is 111 Å². The molecule has 1 aliphatic heterocycles. The minimum atomic E-state index is -4.77. The fraction of sp³-hybridized carbons (Fsp3) is 0.593. The number of fused-ring (bicyclic) bond motifs is 4. The zero-order valence-corrected chi connectivity index (χ0v) is 22.4. The number of benzene rings is 1. The zero-order chi connectivity index (χ0) is 25.5. The third-order valence-corrected chi connectivity index (χ3v) is 9.41. The van der Waals surface area contributed by atoms with Gasteiger partial charge in [0, 0.05) is 32.0 Å². The first-order chi connectivity index (χ1) is 16.2. The lowest BCUT2D eigenvalue weighted by Crippen LogP contribution is -2.35. The Kier molecular flexibility index (Phi) is 6.08. The maximum absolute atomic E-state index is 14.7. The highest BCUT2D eigenvalue weighted by Crippen LogP contribution is 2.61. The fourth-order valence-corrected chi connectivity index (χ4v) is 7.53. The van der Waals surface area contributed by atoms with Crippen LogP contribution in [0, 0.1) is 11.2 Å². The summed E-state index contributed by atoms with van der Waals surface area (Å²) in [4.78, 5) is 5.05. The topological polar surface area (TPSA) is 42.4 Å². The molecule has 2 aromatic rings. The molecule has 1 spiro atoms. The molecular weight excluding hydrogens is 573 g/mol. The Morgan fingerprint density at radius 1 is 1.20 bits per heavy atom. The van der Waals surface area contributed by atoms with E-state index >= 15 is 0 Å². The van der Waals surface area contributed by atoms with Gasteiger partial charge in [-0.05, 0) is 61.1 Å². The quantitative estimate of drug-likeness (QED) is 0.218. The summed E-state index contributed by atoms with van der Waals surface area (Å²) in [6.45, 7) is 8.32.